The Hall–Kier alpha value is -3.26. The molecule has 1 N–H and O–H groups in total. The van der Waals surface area contributed by atoms with E-state index < -0.39 is 12.0 Å². The van der Waals surface area contributed by atoms with Crippen LogP contribution in [0.2, 0.25) is 0 Å². The van der Waals surface area contributed by atoms with Crippen LogP contribution < -0.4 is 10.1 Å². The van der Waals surface area contributed by atoms with Crippen molar-refractivity contribution in [3.05, 3.63) is 77.0 Å². The van der Waals surface area contributed by atoms with Crippen LogP contribution in [-0.2, 0) is 16.1 Å². The van der Waals surface area contributed by atoms with Crippen LogP contribution in [-0.4, -0.2) is 33.6 Å². The predicted molar refractivity (Wildman–Crippen MR) is 120 cm³/mol. The van der Waals surface area contributed by atoms with E-state index in [1.807, 2.05) is 68.4 Å². The van der Waals surface area contributed by atoms with Crippen molar-refractivity contribution < 1.29 is 14.3 Å². The van der Waals surface area contributed by atoms with E-state index in [1.54, 1.807) is 23.6 Å². The molecule has 160 valence electrons. The van der Waals surface area contributed by atoms with Crippen LogP contribution >= 0.6 is 11.8 Å². The smallest absolute Gasteiger partial charge is 0.338 e. The fraction of sp³-hybridized carbons (Fsp3) is 0.261. The summed E-state index contributed by atoms with van der Waals surface area (Å²) in [7, 11) is 1.62. The molecule has 1 aliphatic rings. The predicted octanol–water partition coefficient (Wildman–Crippen LogP) is 4.43. The molecule has 4 rings (SSSR count). The number of rotatable bonds is 7. The van der Waals surface area contributed by atoms with E-state index in [-0.39, 0.29) is 6.61 Å². The van der Waals surface area contributed by atoms with E-state index in [1.165, 1.54) is 0 Å². The van der Waals surface area contributed by atoms with E-state index in [2.05, 4.69) is 15.4 Å². The van der Waals surface area contributed by atoms with E-state index in [0.717, 1.165) is 16.9 Å². The van der Waals surface area contributed by atoms with Gasteiger partial charge in [0.15, 0.2) is 0 Å². The van der Waals surface area contributed by atoms with Crippen molar-refractivity contribution >= 4 is 23.7 Å². The van der Waals surface area contributed by atoms with Crippen LogP contribution in [0, 0.1) is 0 Å². The number of esters is 1. The molecule has 7 nitrogen and oxygen atoms in total. The minimum Gasteiger partial charge on any atom is -0.497 e. The standard InChI is InChI=1S/C23H24N4O3S/c1-4-31-23-25-22-24-15(2)19(21(28)30-14-16-9-6-5-7-10-16)20(27(22)26-23)17-11-8-12-18(13-17)29-3/h5-13,20H,4,14H2,1-3H3,(H,24,25,26). The number of nitrogens with one attached hydrogen (secondary N) is 1. The second kappa shape index (κ2) is 9.26. The first-order valence-electron chi connectivity index (χ1n) is 10.0. The minimum absolute atomic E-state index is 0.197. The third-order valence-electron chi connectivity index (χ3n) is 4.95. The Labute approximate surface area is 185 Å². The zero-order chi connectivity index (χ0) is 21.8. The van der Waals surface area contributed by atoms with Crippen molar-refractivity contribution in [2.24, 2.45) is 0 Å². The number of allylic oxidation sites excluding steroid dienone is 1. The number of hydrogen-bond acceptors (Lipinski definition) is 7. The molecule has 0 bridgehead atoms. The van der Waals surface area contributed by atoms with Gasteiger partial charge in [-0.15, -0.1) is 5.10 Å². The summed E-state index contributed by atoms with van der Waals surface area (Å²) in [6.45, 7) is 4.10. The Morgan fingerprint density at radius 2 is 2.00 bits per heavy atom. The van der Waals surface area contributed by atoms with Gasteiger partial charge in [0.2, 0.25) is 11.1 Å². The summed E-state index contributed by atoms with van der Waals surface area (Å²) < 4.78 is 12.8. The first-order valence-corrected chi connectivity index (χ1v) is 11.0. The maximum absolute atomic E-state index is 13.2. The fourth-order valence-electron chi connectivity index (χ4n) is 3.51. The number of thioether (sulfide) groups is 1. The molecule has 0 fully saturated rings. The van der Waals surface area contributed by atoms with Crippen LogP contribution in [0.25, 0.3) is 0 Å². The Balaban J connectivity index is 1.72. The Bertz CT molecular complexity index is 1110. The van der Waals surface area contributed by atoms with Crippen molar-refractivity contribution in [2.75, 3.05) is 18.2 Å². The molecule has 0 spiro atoms. The minimum atomic E-state index is -0.478. The molecule has 0 saturated carbocycles. The quantitative estimate of drug-likeness (QED) is 0.434. The summed E-state index contributed by atoms with van der Waals surface area (Å²) in [5.74, 6) is 1.76. The number of ether oxygens (including phenoxy) is 2. The Morgan fingerprint density at radius 3 is 2.74 bits per heavy atom. The second-order valence-corrected chi connectivity index (χ2v) is 8.23. The zero-order valence-electron chi connectivity index (χ0n) is 17.7. The molecule has 0 aliphatic carbocycles. The lowest BCUT2D eigenvalue weighted by molar-refractivity contribution is -0.140. The average Bonchev–Trinajstić information content (AvgIpc) is 3.19. The van der Waals surface area contributed by atoms with E-state index in [0.29, 0.717) is 28.1 Å². The summed E-state index contributed by atoms with van der Waals surface area (Å²) >= 11 is 1.55. The third-order valence-corrected chi connectivity index (χ3v) is 5.67. The van der Waals surface area contributed by atoms with Crippen molar-refractivity contribution in [2.45, 2.75) is 31.7 Å². The van der Waals surface area contributed by atoms with Crippen LogP contribution in [0.1, 0.15) is 31.0 Å². The van der Waals surface area contributed by atoms with Gasteiger partial charge in [0.25, 0.3) is 0 Å². The highest BCUT2D eigenvalue weighted by atomic mass is 32.2. The van der Waals surface area contributed by atoms with Crippen LogP contribution in [0.4, 0.5) is 5.95 Å². The fourth-order valence-corrected chi connectivity index (χ4v) is 4.06. The molecule has 1 atom stereocenters. The SMILES string of the molecule is CCSc1nc2n(n1)C(c1cccc(OC)c1)C(C(=O)OCc1ccccc1)=C(C)N2. The van der Waals surface area contributed by atoms with E-state index >= 15 is 0 Å². The topological polar surface area (TPSA) is 78.3 Å². The normalized spacial score (nSPS) is 15.3. The maximum Gasteiger partial charge on any atom is 0.338 e. The van der Waals surface area contributed by atoms with E-state index in [9.17, 15) is 4.79 Å². The molecule has 0 amide bonds. The second-order valence-electron chi connectivity index (χ2n) is 7.00. The molecule has 0 saturated heterocycles. The number of carbonyl (C=O) groups is 1. The summed E-state index contributed by atoms with van der Waals surface area (Å²) in [4.78, 5) is 17.8. The monoisotopic (exact) mass is 436 g/mol. The number of fused-ring (bicyclic) bond motifs is 1. The summed E-state index contributed by atoms with van der Waals surface area (Å²) in [5.41, 5.74) is 2.98. The van der Waals surface area contributed by atoms with Crippen molar-refractivity contribution in [3.8, 4) is 5.75 Å². The molecule has 31 heavy (non-hydrogen) atoms. The summed E-state index contributed by atoms with van der Waals surface area (Å²) in [6.07, 6.45) is 0. The molecule has 0 radical (unpaired) electrons. The van der Waals surface area contributed by atoms with Crippen LogP contribution in [0.3, 0.4) is 0 Å². The molecule has 8 heteroatoms. The molecule has 1 aliphatic heterocycles. The highest BCUT2D eigenvalue weighted by Crippen LogP contribution is 2.37. The molecule has 2 aromatic carbocycles. The third kappa shape index (κ3) is 4.44. The number of carbonyl (C=O) groups excluding carboxylic acids is 1. The largest absolute Gasteiger partial charge is 0.497 e. The van der Waals surface area contributed by atoms with Gasteiger partial charge in [-0.25, -0.2) is 9.48 Å². The Morgan fingerprint density at radius 1 is 1.19 bits per heavy atom. The average molecular weight is 437 g/mol. The molecular weight excluding hydrogens is 412 g/mol. The Kier molecular flexibility index (Phi) is 6.27. The van der Waals surface area contributed by atoms with Crippen LogP contribution in [0.15, 0.2) is 71.0 Å². The first kappa shape index (κ1) is 21.0. The molecular formula is C23H24N4O3S. The number of aromatic nitrogens is 3. The van der Waals surface area contributed by atoms with Crippen molar-refractivity contribution in [3.63, 3.8) is 0 Å². The molecule has 2 heterocycles. The first-order chi connectivity index (χ1) is 15.1. The highest BCUT2D eigenvalue weighted by Gasteiger charge is 2.35. The molecule has 3 aromatic rings. The van der Waals surface area contributed by atoms with E-state index in [4.69, 9.17) is 9.47 Å². The van der Waals surface area contributed by atoms with Gasteiger partial charge in [-0.3, -0.25) is 0 Å². The molecule has 1 aromatic heterocycles. The highest BCUT2D eigenvalue weighted by molar-refractivity contribution is 7.99. The number of anilines is 1. The number of hydrogen-bond donors (Lipinski definition) is 1. The number of benzene rings is 2. The van der Waals surface area contributed by atoms with Gasteiger partial charge in [0, 0.05) is 5.70 Å². The number of nitrogens with zero attached hydrogens (tertiary/aromatic N) is 3. The van der Waals surface area contributed by atoms with Crippen LogP contribution in [0.5, 0.6) is 5.75 Å². The summed E-state index contributed by atoms with van der Waals surface area (Å²) in [5, 5.41) is 8.54. The zero-order valence-corrected chi connectivity index (χ0v) is 18.5. The van der Waals surface area contributed by atoms with Gasteiger partial charge in [-0.2, -0.15) is 4.98 Å². The molecule has 1 unspecified atom stereocenters. The van der Waals surface area contributed by atoms with Gasteiger partial charge >= 0.3 is 5.97 Å². The van der Waals surface area contributed by atoms with Crippen molar-refractivity contribution in [1.82, 2.24) is 14.8 Å². The lowest BCUT2D eigenvalue weighted by Crippen LogP contribution is -2.29. The maximum atomic E-state index is 13.2. The lowest BCUT2D eigenvalue weighted by Gasteiger charge is -2.28. The van der Waals surface area contributed by atoms with Gasteiger partial charge in [0.1, 0.15) is 18.4 Å². The number of methoxy groups -OCH3 is 1. The van der Waals surface area contributed by atoms with Gasteiger partial charge < -0.3 is 14.8 Å². The van der Waals surface area contributed by atoms with Gasteiger partial charge in [-0.05, 0) is 35.9 Å². The summed E-state index contributed by atoms with van der Waals surface area (Å²) in [6, 6.07) is 16.8. The van der Waals surface area contributed by atoms with Gasteiger partial charge in [0.05, 0.1) is 12.7 Å². The van der Waals surface area contributed by atoms with Crippen molar-refractivity contribution in [1.29, 1.82) is 0 Å². The van der Waals surface area contributed by atoms with Gasteiger partial charge in [-0.1, -0.05) is 61.2 Å². The lowest BCUT2D eigenvalue weighted by atomic mass is 9.95.